The van der Waals surface area contributed by atoms with Gasteiger partial charge in [-0.15, -0.1) is 0 Å². The molecular formula is C32H33BrN2O4. The van der Waals surface area contributed by atoms with Gasteiger partial charge in [0.25, 0.3) is 5.91 Å². The number of carbonyl (C=O) groups is 2. The maximum absolute atomic E-state index is 13.8. The summed E-state index contributed by atoms with van der Waals surface area (Å²) in [5.41, 5.74) is 3.13. The third-order valence-corrected chi connectivity index (χ3v) is 7.32. The van der Waals surface area contributed by atoms with Crippen molar-refractivity contribution in [3.05, 3.63) is 116 Å². The number of hydrogen-bond donors (Lipinski definition) is 0. The average Bonchev–Trinajstić information content (AvgIpc) is 2.92. The maximum atomic E-state index is 13.8. The molecule has 0 unspecified atom stereocenters. The first-order valence-corrected chi connectivity index (χ1v) is 13.9. The predicted octanol–water partition coefficient (Wildman–Crippen LogP) is 6.58. The lowest BCUT2D eigenvalue weighted by Crippen LogP contribution is -2.43. The zero-order valence-electron chi connectivity index (χ0n) is 22.5. The highest BCUT2D eigenvalue weighted by atomic mass is 79.9. The van der Waals surface area contributed by atoms with Crippen LogP contribution in [0.25, 0.3) is 11.0 Å². The molecule has 0 aliphatic rings. The molecule has 2 amide bonds. The van der Waals surface area contributed by atoms with Crippen LogP contribution < -0.4 is 5.43 Å². The smallest absolute Gasteiger partial charge is 0.255 e. The molecule has 1 aromatic heterocycles. The summed E-state index contributed by atoms with van der Waals surface area (Å²) in [6, 6.07) is 22.3. The summed E-state index contributed by atoms with van der Waals surface area (Å²) in [6.45, 7) is 6.81. The molecule has 3 aromatic carbocycles. The highest BCUT2D eigenvalue weighted by Gasteiger charge is 2.25. The molecule has 1 heterocycles. The number of amides is 2. The minimum atomic E-state index is -0.244. The minimum Gasteiger partial charge on any atom is -0.464 e. The van der Waals surface area contributed by atoms with Crippen LogP contribution in [0.3, 0.4) is 0 Å². The number of halogens is 1. The Labute approximate surface area is 237 Å². The Bertz CT molecular complexity index is 1510. The van der Waals surface area contributed by atoms with E-state index in [-0.39, 0.29) is 30.3 Å². The standard InChI is InChI=1S/C32H33BrN2O4/c1-22(2)15-16-34(32(38)26-11-7-8-12-28(26)33)20-30(36)35(18-24-9-5-4-6-10-24)19-25-21-39-29-14-13-23(3)17-27(29)31(25)37/h4-14,17,21-22H,15-16,18-20H2,1-3H3. The average molecular weight is 590 g/mol. The van der Waals surface area contributed by atoms with Crippen molar-refractivity contribution >= 4 is 38.7 Å². The van der Waals surface area contributed by atoms with E-state index >= 15 is 0 Å². The monoisotopic (exact) mass is 588 g/mol. The van der Waals surface area contributed by atoms with Crippen LogP contribution in [-0.2, 0) is 17.9 Å². The van der Waals surface area contributed by atoms with Gasteiger partial charge in [0.2, 0.25) is 5.91 Å². The van der Waals surface area contributed by atoms with Crippen molar-refractivity contribution in [3.63, 3.8) is 0 Å². The Morgan fingerprint density at radius 1 is 0.923 bits per heavy atom. The lowest BCUT2D eigenvalue weighted by molar-refractivity contribution is -0.133. The van der Waals surface area contributed by atoms with Crippen molar-refractivity contribution in [1.29, 1.82) is 0 Å². The molecule has 4 aromatic rings. The summed E-state index contributed by atoms with van der Waals surface area (Å²) in [5.74, 6) is -0.0932. The van der Waals surface area contributed by atoms with Crippen LogP contribution in [0.2, 0.25) is 0 Å². The molecule has 7 heteroatoms. The lowest BCUT2D eigenvalue weighted by Gasteiger charge is -2.28. The number of nitrogens with zero attached hydrogens (tertiary/aromatic N) is 2. The van der Waals surface area contributed by atoms with Crippen LogP contribution in [0.5, 0.6) is 0 Å². The Morgan fingerprint density at radius 3 is 2.36 bits per heavy atom. The van der Waals surface area contributed by atoms with Crippen molar-refractivity contribution in [3.8, 4) is 0 Å². The summed E-state index contributed by atoms with van der Waals surface area (Å²) in [6.07, 6.45) is 2.20. The van der Waals surface area contributed by atoms with E-state index in [1.165, 1.54) is 6.26 Å². The molecule has 6 nitrogen and oxygen atoms in total. The lowest BCUT2D eigenvalue weighted by atomic mass is 10.1. The third-order valence-electron chi connectivity index (χ3n) is 6.62. The van der Waals surface area contributed by atoms with Crippen molar-refractivity contribution in [2.75, 3.05) is 13.1 Å². The van der Waals surface area contributed by atoms with Gasteiger partial charge in [0, 0.05) is 17.6 Å². The van der Waals surface area contributed by atoms with Gasteiger partial charge >= 0.3 is 0 Å². The molecule has 39 heavy (non-hydrogen) atoms. The maximum Gasteiger partial charge on any atom is 0.255 e. The Balaban J connectivity index is 1.65. The number of carbonyl (C=O) groups excluding carboxylic acids is 2. The largest absolute Gasteiger partial charge is 0.464 e. The van der Waals surface area contributed by atoms with Crippen molar-refractivity contribution in [1.82, 2.24) is 9.80 Å². The number of fused-ring (bicyclic) bond motifs is 1. The summed E-state index contributed by atoms with van der Waals surface area (Å²) in [7, 11) is 0. The number of benzene rings is 3. The Kier molecular flexibility index (Phi) is 9.36. The molecule has 0 fully saturated rings. The fourth-order valence-corrected chi connectivity index (χ4v) is 4.82. The van der Waals surface area contributed by atoms with Crippen LogP contribution in [0, 0.1) is 12.8 Å². The molecular weight excluding hydrogens is 556 g/mol. The molecule has 0 saturated carbocycles. The molecule has 0 aliphatic heterocycles. The fraction of sp³-hybridized carbons (Fsp3) is 0.281. The highest BCUT2D eigenvalue weighted by molar-refractivity contribution is 9.10. The normalized spacial score (nSPS) is 11.1. The van der Waals surface area contributed by atoms with Gasteiger partial charge in [0.15, 0.2) is 5.43 Å². The van der Waals surface area contributed by atoms with Crippen LogP contribution in [-0.4, -0.2) is 34.7 Å². The second-order valence-electron chi connectivity index (χ2n) is 10.2. The third kappa shape index (κ3) is 7.24. The van der Waals surface area contributed by atoms with Gasteiger partial charge in [-0.2, -0.15) is 0 Å². The molecule has 4 rings (SSSR count). The number of aryl methyl sites for hydroxylation is 1. The van der Waals surface area contributed by atoms with Gasteiger partial charge < -0.3 is 14.2 Å². The molecule has 0 aliphatic carbocycles. The van der Waals surface area contributed by atoms with Crippen molar-refractivity contribution in [2.45, 2.75) is 40.3 Å². The number of hydrogen-bond acceptors (Lipinski definition) is 4. The van der Waals surface area contributed by atoms with Crippen LogP contribution >= 0.6 is 15.9 Å². The van der Waals surface area contributed by atoms with E-state index in [4.69, 9.17) is 4.42 Å². The van der Waals surface area contributed by atoms with E-state index in [1.807, 2.05) is 61.5 Å². The molecule has 0 N–H and O–H groups in total. The minimum absolute atomic E-state index is 0.0706. The summed E-state index contributed by atoms with van der Waals surface area (Å²) in [4.78, 5) is 44.0. The second-order valence-corrected chi connectivity index (χ2v) is 11.1. The van der Waals surface area contributed by atoms with Crippen molar-refractivity contribution in [2.24, 2.45) is 5.92 Å². The molecule has 0 atom stereocenters. The quantitative estimate of drug-likeness (QED) is 0.210. The Hall–Kier alpha value is -3.71. The highest BCUT2D eigenvalue weighted by Crippen LogP contribution is 2.20. The van der Waals surface area contributed by atoms with Crippen molar-refractivity contribution < 1.29 is 14.0 Å². The van der Waals surface area contributed by atoms with E-state index in [0.717, 1.165) is 17.5 Å². The van der Waals surface area contributed by atoms with Gasteiger partial charge in [-0.1, -0.05) is 67.9 Å². The van der Waals surface area contributed by atoms with Gasteiger partial charge in [0.05, 0.1) is 29.3 Å². The zero-order chi connectivity index (χ0) is 27.9. The molecule has 0 spiro atoms. The van der Waals surface area contributed by atoms with Crippen LogP contribution in [0.1, 0.15) is 47.3 Å². The molecule has 0 bridgehead atoms. The van der Waals surface area contributed by atoms with E-state index in [9.17, 15) is 14.4 Å². The summed E-state index contributed by atoms with van der Waals surface area (Å²) >= 11 is 3.47. The van der Waals surface area contributed by atoms with E-state index < -0.39 is 0 Å². The summed E-state index contributed by atoms with van der Waals surface area (Å²) in [5, 5.41) is 0.488. The SMILES string of the molecule is Cc1ccc2occ(CN(Cc3ccccc3)C(=O)CN(CCC(C)C)C(=O)c3ccccc3Br)c(=O)c2c1. The summed E-state index contributed by atoms with van der Waals surface area (Å²) < 4.78 is 6.44. The fourth-order valence-electron chi connectivity index (χ4n) is 4.37. The zero-order valence-corrected chi connectivity index (χ0v) is 24.1. The van der Waals surface area contributed by atoms with Crippen LogP contribution in [0.15, 0.2) is 92.7 Å². The first-order valence-electron chi connectivity index (χ1n) is 13.1. The van der Waals surface area contributed by atoms with Gasteiger partial charge in [-0.05, 0) is 65.0 Å². The second kappa shape index (κ2) is 12.9. The van der Waals surface area contributed by atoms with E-state index in [2.05, 4.69) is 29.8 Å². The van der Waals surface area contributed by atoms with Crippen LogP contribution in [0.4, 0.5) is 0 Å². The van der Waals surface area contributed by atoms with Gasteiger partial charge in [-0.25, -0.2) is 0 Å². The topological polar surface area (TPSA) is 70.8 Å². The first kappa shape index (κ1) is 28.3. The van der Waals surface area contributed by atoms with E-state index in [1.54, 1.807) is 28.0 Å². The molecule has 202 valence electrons. The molecule has 0 saturated heterocycles. The van der Waals surface area contributed by atoms with Gasteiger partial charge in [-0.3, -0.25) is 14.4 Å². The molecule has 0 radical (unpaired) electrons. The van der Waals surface area contributed by atoms with E-state index in [0.29, 0.717) is 45.6 Å². The Morgan fingerprint density at radius 2 is 1.64 bits per heavy atom. The predicted molar refractivity (Wildman–Crippen MR) is 157 cm³/mol. The van der Waals surface area contributed by atoms with Gasteiger partial charge in [0.1, 0.15) is 12.1 Å². The first-order chi connectivity index (χ1) is 18.7. The number of rotatable bonds is 10.